The summed E-state index contributed by atoms with van der Waals surface area (Å²) in [6, 6.07) is 0.444. The van der Waals surface area contributed by atoms with Gasteiger partial charge in [0.1, 0.15) is 11.1 Å². The van der Waals surface area contributed by atoms with Crippen LogP contribution in [0.15, 0.2) is 0 Å². The van der Waals surface area contributed by atoms with Crippen molar-refractivity contribution in [3.63, 3.8) is 0 Å². The summed E-state index contributed by atoms with van der Waals surface area (Å²) in [7, 11) is 0. The van der Waals surface area contributed by atoms with Crippen molar-refractivity contribution in [2.24, 2.45) is 0 Å². The van der Waals surface area contributed by atoms with Gasteiger partial charge in [-0.3, -0.25) is 4.79 Å². The van der Waals surface area contributed by atoms with Crippen LogP contribution >= 0.6 is 23.1 Å². The van der Waals surface area contributed by atoms with Gasteiger partial charge in [-0.15, -0.1) is 10.2 Å². The summed E-state index contributed by atoms with van der Waals surface area (Å²) in [5, 5.41) is 18.8. The van der Waals surface area contributed by atoms with E-state index in [4.69, 9.17) is 4.74 Å². The summed E-state index contributed by atoms with van der Waals surface area (Å²) >= 11 is 3.31. The molecule has 8 nitrogen and oxygen atoms in total. The lowest BCUT2D eigenvalue weighted by atomic mass is 10.0. The average molecular weight is 398 g/mol. The number of nitrogens with one attached hydrogen (secondary N) is 3. The fraction of sp³-hybridized carbons (Fsp3) is 0.750. The predicted molar refractivity (Wildman–Crippen MR) is 100 cm³/mol. The SMILES string of the molecule is O=C(CCCC[C@@H]1SC[C@@H]2NC(=O)N[C@@H]21)Nc1nnc([C@H]2CCCO2)s1. The van der Waals surface area contributed by atoms with E-state index in [0.29, 0.717) is 16.8 Å². The number of ether oxygens (including phenoxy) is 1. The minimum absolute atomic E-state index is 0.0205. The maximum atomic E-state index is 12.1. The van der Waals surface area contributed by atoms with Gasteiger partial charge in [0.15, 0.2) is 0 Å². The van der Waals surface area contributed by atoms with E-state index in [9.17, 15) is 9.59 Å². The Bertz CT molecular complexity index is 664. The molecule has 1 aromatic heterocycles. The van der Waals surface area contributed by atoms with Crippen molar-refractivity contribution >= 4 is 40.2 Å². The molecule has 0 radical (unpaired) electrons. The highest BCUT2D eigenvalue weighted by Crippen LogP contribution is 2.33. The van der Waals surface area contributed by atoms with Gasteiger partial charge in [0.05, 0.1) is 12.1 Å². The highest BCUT2D eigenvalue weighted by atomic mass is 32.2. The van der Waals surface area contributed by atoms with Crippen LogP contribution in [0.5, 0.6) is 0 Å². The number of rotatable bonds is 7. The highest BCUT2D eigenvalue weighted by Gasteiger charge is 2.42. The third-order valence-electron chi connectivity index (χ3n) is 4.97. The number of amides is 3. The van der Waals surface area contributed by atoms with E-state index >= 15 is 0 Å². The first-order valence-corrected chi connectivity index (χ1v) is 11.0. The van der Waals surface area contributed by atoms with E-state index in [-0.39, 0.29) is 30.1 Å². The monoisotopic (exact) mass is 397 g/mol. The molecule has 10 heteroatoms. The molecule has 3 N–H and O–H groups in total. The Morgan fingerprint density at radius 2 is 2.23 bits per heavy atom. The number of hydrogen-bond donors (Lipinski definition) is 3. The molecule has 0 bridgehead atoms. The summed E-state index contributed by atoms with van der Waals surface area (Å²) in [5.74, 6) is 0.950. The molecule has 0 aromatic carbocycles. The van der Waals surface area contributed by atoms with Gasteiger partial charge in [0.25, 0.3) is 0 Å². The van der Waals surface area contributed by atoms with Gasteiger partial charge in [0.2, 0.25) is 11.0 Å². The second-order valence-corrected chi connectivity index (χ2v) is 9.14. The molecule has 142 valence electrons. The maximum Gasteiger partial charge on any atom is 0.315 e. The van der Waals surface area contributed by atoms with Crippen LogP contribution in [-0.4, -0.2) is 51.8 Å². The molecule has 0 spiro atoms. The largest absolute Gasteiger partial charge is 0.371 e. The Labute approximate surface area is 160 Å². The Hall–Kier alpha value is -1.39. The first-order valence-electron chi connectivity index (χ1n) is 9.12. The number of hydrogen-bond acceptors (Lipinski definition) is 7. The number of carbonyl (C=O) groups is 2. The predicted octanol–water partition coefficient (Wildman–Crippen LogP) is 2.05. The van der Waals surface area contributed by atoms with Crippen molar-refractivity contribution in [1.82, 2.24) is 20.8 Å². The normalized spacial score (nSPS) is 30.1. The number of thioether (sulfide) groups is 1. The highest BCUT2D eigenvalue weighted by molar-refractivity contribution is 8.00. The zero-order valence-electron chi connectivity index (χ0n) is 14.4. The fourth-order valence-electron chi connectivity index (χ4n) is 3.64. The Kier molecular flexibility index (Phi) is 5.60. The molecular weight excluding hydrogens is 374 g/mol. The topological polar surface area (TPSA) is 105 Å². The number of unbranched alkanes of at least 4 members (excludes halogenated alkanes) is 1. The van der Waals surface area contributed by atoms with Crippen molar-refractivity contribution in [2.75, 3.05) is 17.7 Å². The van der Waals surface area contributed by atoms with E-state index in [1.165, 1.54) is 11.3 Å². The number of aromatic nitrogens is 2. The van der Waals surface area contributed by atoms with Crippen molar-refractivity contribution in [3.05, 3.63) is 5.01 Å². The quantitative estimate of drug-likeness (QED) is 0.480. The molecule has 3 aliphatic heterocycles. The van der Waals surface area contributed by atoms with Crippen LogP contribution in [0.2, 0.25) is 0 Å². The molecule has 3 fully saturated rings. The molecule has 3 amide bonds. The van der Waals surface area contributed by atoms with Crippen molar-refractivity contribution in [1.29, 1.82) is 0 Å². The number of urea groups is 1. The molecule has 4 rings (SSSR count). The molecular formula is C16H23N5O3S2. The third-order valence-corrected chi connectivity index (χ3v) is 7.41. The molecule has 0 saturated carbocycles. The number of nitrogens with zero attached hydrogens (tertiary/aromatic N) is 2. The van der Waals surface area contributed by atoms with Crippen molar-refractivity contribution in [2.45, 2.75) is 62.0 Å². The molecule has 4 heterocycles. The summed E-state index contributed by atoms with van der Waals surface area (Å²) in [6.07, 6.45) is 5.36. The summed E-state index contributed by atoms with van der Waals surface area (Å²) in [5.41, 5.74) is 0. The van der Waals surface area contributed by atoms with Crippen LogP contribution in [0.3, 0.4) is 0 Å². The molecule has 3 aliphatic rings. The van der Waals surface area contributed by atoms with Crippen LogP contribution in [0.4, 0.5) is 9.93 Å². The first-order chi connectivity index (χ1) is 12.7. The van der Waals surface area contributed by atoms with Crippen LogP contribution in [0.25, 0.3) is 0 Å². The number of fused-ring (bicyclic) bond motifs is 1. The van der Waals surface area contributed by atoms with E-state index in [0.717, 1.165) is 49.5 Å². The first kappa shape index (κ1) is 18.0. The smallest absolute Gasteiger partial charge is 0.315 e. The van der Waals surface area contributed by atoms with Gasteiger partial charge in [0, 0.05) is 24.0 Å². The Morgan fingerprint density at radius 1 is 1.31 bits per heavy atom. The van der Waals surface area contributed by atoms with Gasteiger partial charge < -0.3 is 20.7 Å². The number of anilines is 1. The fourth-order valence-corrected chi connectivity index (χ4v) is 6.03. The van der Waals surface area contributed by atoms with Crippen LogP contribution in [0.1, 0.15) is 49.6 Å². The third kappa shape index (κ3) is 4.12. The molecule has 4 atom stereocenters. The molecule has 26 heavy (non-hydrogen) atoms. The average Bonchev–Trinajstić information content (AvgIpc) is 3.36. The lowest BCUT2D eigenvalue weighted by Crippen LogP contribution is -2.36. The lowest BCUT2D eigenvalue weighted by molar-refractivity contribution is -0.116. The summed E-state index contributed by atoms with van der Waals surface area (Å²) < 4.78 is 5.58. The van der Waals surface area contributed by atoms with Gasteiger partial charge in [-0.25, -0.2) is 4.79 Å². The van der Waals surface area contributed by atoms with Crippen molar-refractivity contribution in [3.8, 4) is 0 Å². The van der Waals surface area contributed by atoms with Crippen LogP contribution in [0, 0.1) is 0 Å². The van der Waals surface area contributed by atoms with Gasteiger partial charge in [-0.05, 0) is 25.7 Å². The number of carbonyl (C=O) groups excluding carboxylic acids is 2. The molecule has 1 aromatic rings. The van der Waals surface area contributed by atoms with E-state index in [1.807, 2.05) is 11.8 Å². The van der Waals surface area contributed by atoms with E-state index < -0.39 is 0 Å². The second kappa shape index (κ2) is 8.10. The minimum atomic E-state index is -0.0518. The van der Waals surface area contributed by atoms with Gasteiger partial charge >= 0.3 is 6.03 Å². The van der Waals surface area contributed by atoms with Gasteiger partial charge in [-0.2, -0.15) is 11.8 Å². The lowest BCUT2D eigenvalue weighted by Gasteiger charge is -2.16. The van der Waals surface area contributed by atoms with Gasteiger partial charge in [-0.1, -0.05) is 17.8 Å². The minimum Gasteiger partial charge on any atom is -0.371 e. The zero-order chi connectivity index (χ0) is 17.9. The van der Waals surface area contributed by atoms with E-state index in [1.54, 1.807) is 0 Å². The van der Waals surface area contributed by atoms with Crippen LogP contribution in [-0.2, 0) is 9.53 Å². The Morgan fingerprint density at radius 3 is 3.08 bits per heavy atom. The van der Waals surface area contributed by atoms with E-state index in [2.05, 4.69) is 26.1 Å². The van der Waals surface area contributed by atoms with Crippen LogP contribution < -0.4 is 16.0 Å². The standard InChI is InChI=1S/C16H23N5O3S2/c22-12(18-16-21-20-14(26-16)10-4-3-7-24-10)6-2-1-5-11-13-9(8-25-11)17-15(23)19-13/h9-11,13H,1-8H2,(H2,17,19,23)(H,18,21,22)/t9-,10+,11-,13-/m0/s1. The Balaban J connectivity index is 1.15. The maximum absolute atomic E-state index is 12.1. The molecule has 3 saturated heterocycles. The summed E-state index contributed by atoms with van der Waals surface area (Å²) in [4.78, 5) is 23.5. The zero-order valence-corrected chi connectivity index (χ0v) is 16.0. The molecule has 0 aliphatic carbocycles. The molecule has 0 unspecified atom stereocenters. The second-order valence-electron chi connectivity index (χ2n) is 6.86. The van der Waals surface area contributed by atoms with Crippen molar-refractivity contribution < 1.29 is 14.3 Å². The summed E-state index contributed by atoms with van der Waals surface area (Å²) in [6.45, 7) is 0.770.